The van der Waals surface area contributed by atoms with Crippen LogP contribution < -0.4 is 9.62 Å². The zero-order valence-electron chi connectivity index (χ0n) is 17.8. The van der Waals surface area contributed by atoms with E-state index in [2.05, 4.69) is 4.72 Å². The highest BCUT2D eigenvalue weighted by molar-refractivity contribution is 7.89. The van der Waals surface area contributed by atoms with Gasteiger partial charge in [0.15, 0.2) is 0 Å². The molecule has 3 rings (SSSR count). The van der Waals surface area contributed by atoms with Crippen LogP contribution in [-0.4, -0.2) is 45.6 Å². The zero-order valence-corrected chi connectivity index (χ0v) is 20.2. The molecule has 0 radical (unpaired) electrons. The van der Waals surface area contributed by atoms with Gasteiger partial charge < -0.3 is 9.80 Å². The highest BCUT2D eigenvalue weighted by Gasteiger charge is 2.31. The minimum absolute atomic E-state index is 0.0682. The summed E-state index contributed by atoms with van der Waals surface area (Å²) in [5.41, 5.74) is 0.427. The Kier molecular flexibility index (Phi) is 6.81. The normalized spacial score (nSPS) is 15.0. The lowest BCUT2D eigenvalue weighted by molar-refractivity contribution is -0.114. The Labute approximate surface area is 191 Å². The number of benzene rings is 1. The molecule has 0 aliphatic carbocycles. The Bertz CT molecular complexity index is 1130. The molecule has 1 aromatic heterocycles. The van der Waals surface area contributed by atoms with Crippen LogP contribution in [0, 0.1) is 5.82 Å². The summed E-state index contributed by atoms with van der Waals surface area (Å²) in [6, 6.07) is 8.23. The molecule has 1 aliphatic rings. The number of hydrogen-bond acceptors (Lipinski definition) is 5. The van der Waals surface area contributed by atoms with Crippen molar-refractivity contribution in [1.29, 1.82) is 0 Å². The predicted molar refractivity (Wildman–Crippen MR) is 124 cm³/mol. The molecule has 0 spiro atoms. The summed E-state index contributed by atoms with van der Waals surface area (Å²) in [6.07, 6.45) is 1.74. The van der Waals surface area contributed by atoms with Gasteiger partial charge in [0.1, 0.15) is 11.5 Å². The maximum atomic E-state index is 14.9. The van der Waals surface area contributed by atoms with Gasteiger partial charge in [-0.15, -0.1) is 11.3 Å². The molecule has 0 fully saturated rings. The maximum Gasteiger partial charge on any atom is 0.275 e. The Balaban J connectivity index is 1.69. The first-order chi connectivity index (χ1) is 14.4. The number of aryl methyl sites for hydroxylation is 1. The Morgan fingerprint density at radius 2 is 1.97 bits per heavy atom. The van der Waals surface area contributed by atoms with Crippen LogP contribution in [0.4, 0.5) is 10.1 Å². The largest absolute Gasteiger partial charge is 0.300 e. The molecular formula is C21H25ClFN3O3S2. The number of hydrogen-bond donors (Lipinski definition) is 1. The highest BCUT2D eigenvalue weighted by atomic mass is 35.5. The average Bonchev–Trinajstić information content (AvgIpc) is 3.26. The third kappa shape index (κ3) is 5.28. The van der Waals surface area contributed by atoms with E-state index in [1.807, 2.05) is 32.8 Å². The van der Waals surface area contributed by atoms with E-state index in [0.29, 0.717) is 4.34 Å². The van der Waals surface area contributed by atoms with Crippen LogP contribution in [0.15, 0.2) is 42.1 Å². The third-order valence-electron chi connectivity index (χ3n) is 5.53. The molecule has 1 aliphatic heterocycles. The van der Waals surface area contributed by atoms with Crippen molar-refractivity contribution in [2.24, 2.45) is 0 Å². The summed E-state index contributed by atoms with van der Waals surface area (Å²) in [7, 11) is 0.0761. The van der Waals surface area contributed by atoms with E-state index in [9.17, 15) is 17.6 Å². The predicted octanol–water partition coefficient (Wildman–Crippen LogP) is 3.73. The number of rotatable bonds is 8. The number of sulfonamides is 1. The van der Waals surface area contributed by atoms with E-state index in [1.165, 1.54) is 28.4 Å². The summed E-state index contributed by atoms with van der Waals surface area (Å²) < 4.78 is 42.6. The fourth-order valence-electron chi connectivity index (χ4n) is 3.10. The molecule has 10 heteroatoms. The summed E-state index contributed by atoms with van der Waals surface area (Å²) in [5, 5.41) is 0. The lowest BCUT2D eigenvalue weighted by Gasteiger charge is -2.33. The van der Waals surface area contributed by atoms with Crippen LogP contribution in [0.1, 0.15) is 24.3 Å². The summed E-state index contributed by atoms with van der Waals surface area (Å²) >= 11 is 7.18. The van der Waals surface area contributed by atoms with E-state index in [4.69, 9.17) is 11.6 Å². The van der Waals surface area contributed by atoms with Crippen LogP contribution in [-0.2, 0) is 26.8 Å². The number of anilines is 1. The van der Waals surface area contributed by atoms with E-state index in [-0.39, 0.29) is 35.6 Å². The first-order valence-corrected chi connectivity index (χ1v) is 12.5. The van der Waals surface area contributed by atoms with Crippen LogP contribution in [0.25, 0.3) is 0 Å². The Hall–Kier alpha value is -1.94. The number of nitrogens with zero attached hydrogens (tertiary/aromatic N) is 2. The molecule has 0 saturated heterocycles. The molecular weight excluding hydrogens is 461 g/mol. The summed E-state index contributed by atoms with van der Waals surface area (Å²) in [5.74, 6) is -1.30. The molecule has 1 N–H and O–H groups in total. The molecule has 0 unspecified atom stereocenters. The first kappa shape index (κ1) is 23.7. The zero-order chi connectivity index (χ0) is 23.0. The highest BCUT2D eigenvalue weighted by Crippen LogP contribution is 2.31. The van der Waals surface area contributed by atoms with Crippen LogP contribution >= 0.6 is 22.9 Å². The average molecular weight is 486 g/mol. The van der Waals surface area contributed by atoms with Gasteiger partial charge in [0, 0.05) is 17.0 Å². The van der Waals surface area contributed by atoms with E-state index in [1.54, 1.807) is 24.3 Å². The molecule has 31 heavy (non-hydrogen) atoms. The topological polar surface area (TPSA) is 69.7 Å². The van der Waals surface area contributed by atoms with E-state index >= 15 is 0 Å². The van der Waals surface area contributed by atoms with Crippen molar-refractivity contribution in [2.45, 2.75) is 25.8 Å². The summed E-state index contributed by atoms with van der Waals surface area (Å²) in [4.78, 5) is 16.8. The van der Waals surface area contributed by atoms with Gasteiger partial charge in [-0.3, -0.25) is 9.52 Å². The molecule has 1 amide bonds. The van der Waals surface area contributed by atoms with Gasteiger partial charge in [-0.25, -0.2) is 12.8 Å². The number of halogens is 2. The standard InChI is InChI=1S/C21H25ClFN3O3S2/c1-21(2,25(3)4)14-5-7-18(16(23)13-14)26-11-9-17(20(26)27)24-31(28,29)12-10-15-6-8-19(22)30-15/h5-9,13,24H,10-12H2,1-4H3. The first-order valence-electron chi connectivity index (χ1n) is 9.65. The van der Waals surface area contributed by atoms with Gasteiger partial charge in [-0.2, -0.15) is 0 Å². The number of carbonyl (C=O) groups excluding carboxylic acids is 1. The van der Waals surface area contributed by atoms with E-state index in [0.717, 1.165) is 10.4 Å². The second-order valence-electron chi connectivity index (χ2n) is 8.03. The van der Waals surface area contributed by atoms with Gasteiger partial charge in [0.25, 0.3) is 5.91 Å². The number of thiophene rings is 1. The van der Waals surface area contributed by atoms with Crippen LogP contribution in [0.2, 0.25) is 4.34 Å². The molecule has 0 bridgehead atoms. The fraction of sp³-hybridized carbons (Fsp3) is 0.381. The summed E-state index contributed by atoms with van der Waals surface area (Å²) in [6.45, 7) is 4.03. The molecule has 6 nitrogen and oxygen atoms in total. The number of carbonyl (C=O) groups is 1. The fourth-order valence-corrected chi connectivity index (χ4v) is 5.41. The van der Waals surface area contributed by atoms with Crippen molar-refractivity contribution in [3.8, 4) is 0 Å². The number of nitrogens with one attached hydrogen (secondary N) is 1. The van der Waals surface area contributed by atoms with Crippen LogP contribution in [0.3, 0.4) is 0 Å². The monoisotopic (exact) mass is 485 g/mol. The Morgan fingerprint density at radius 3 is 2.55 bits per heavy atom. The lowest BCUT2D eigenvalue weighted by Crippen LogP contribution is -2.36. The van der Waals surface area contributed by atoms with Crippen molar-refractivity contribution in [1.82, 2.24) is 9.62 Å². The maximum absolute atomic E-state index is 14.9. The molecule has 0 saturated carbocycles. The minimum Gasteiger partial charge on any atom is -0.300 e. The molecule has 2 heterocycles. The lowest BCUT2D eigenvalue weighted by atomic mass is 9.92. The van der Waals surface area contributed by atoms with Gasteiger partial charge in [0.2, 0.25) is 10.0 Å². The van der Waals surface area contributed by atoms with Gasteiger partial charge >= 0.3 is 0 Å². The smallest absolute Gasteiger partial charge is 0.275 e. The second kappa shape index (κ2) is 8.90. The molecule has 168 valence electrons. The van der Waals surface area contributed by atoms with Gasteiger partial charge in [-0.1, -0.05) is 17.7 Å². The second-order valence-corrected chi connectivity index (χ2v) is 11.7. The quantitative estimate of drug-likeness (QED) is 0.618. The van der Waals surface area contributed by atoms with Gasteiger partial charge in [0.05, 0.1) is 15.8 Å². The van der Waals surface area contributed by atoms with Crippen LogP contribution in [0.5, 0.6) is 0 Å². The van der Waals surface area contributed by atoms with E-state index < -0.39 is 21.7 Å². The number of amides is 1. The van der Waals surface area contributed by atoms with Crippen molar-refractivity contribution >= 4 is 44.6 Å². The van der Waals surface area contributed by atoms with Crippen molar-refractivity contribution in [3.63, 3.8) is 0 Å². The molecule has 1 aromatic carbocycles. The molecule has 0 atom stereocenters. The van der Waals surface area contributed by atoms with Crippen molar-refractivity contribution in [3.05, 3.63) is 62.7 Å². The Morgan fingerprint density at radius 1 is 1.26 bits per heavy atom. The SMILES string of the molecule is CN(C)C(C)(C)c1ccc(N2CC=C(NS(=O)(=O)CCc3ccc(Cl)s3)C2=O)c(F)c1. The van der Waals surface area contributed by atoms with Crippen molar-refractivity contribution in [2.75, 3.05) is 31.3 Å². The van der Waals surface area contributed by atoms with Gasteiger partial charge in [-0.05, 0) is 70.3 Å². The molecule has 2 aromatic rings. The van der Waals surface area contributed by atoms with Crippen molar-refractivity contribution < 1.29 is 17.6 Å². The minimum atomic E-state index is -3.74. The third-order valence-corrected chi connectivity index (χ3v) is 8.09.